The number of aromatic amines is 1. The van der Waals surface area contributed by atoms with Crippen molar-refractivity contribution in [1.29, 1.82) is 0 Å². The summed E-state index contributed by atoms with van der Waals surface area (Å²) in [7, 11) is 0. The van der Waals surface area contributed by atoms with Gasteiger partial charge in [-0.3, -0.25) is 9.69 Å². The second kappa shape index (κ2) is 7.76. The van der Waals surface area contributed by atoms with Crippen LogP contribution < -0.4 is 15.9 Å². The number of H-pyrrole nitrogens is 1. The Morgan fingerprint density at radius 2 is 1.83 bits per heavy atom. The van der Waals surface area contributed by atoms with Gasteiger partial charge in [-0.15, -0.1) is 0 Å². The van der Waals surface area contributed by atoms with Crippen molar-refractivity contribution in [2.75, 3.05) is 26.2 Å². The van der Waals surface area contributed by atoms with Gasteiger partial charge in [0.2, 0.25) is 0 Å². The first-order chi connectivity index (χ1) is 13.8. The number of benzene rings is 1. The van der Waals surface area contributed by atoms with Gasteiger partial charge in [-0.25, -0.2) is 0 Å². The highest BCUT2D eigenvalue weighted by molar-refractivity contribution is 6.23. The monoisotopic (exact) mass is 424 g/mol. The van der Waals surface area contributed by atoms with Crippen LogP contribution in [0.1, 0.15) is 21.6 Å². The molecule has 1 amide bonds. The smallest absolute Gasteiger partial charge is 0.370 e. The number of carbonyl (C=O) groups excluding carboxylic acids is 1. The number of hydrogen-bond acceptors (Lipinski definition) is 3. The lowest BCUT2D eigenvalue weighted by Crippen LogP contribution is -2.48. The van der Waals surface area contributed by atoms with Gasteiger partial charge in [-0.1, -0.05) is 23.7 Å². The zero-order chi connectivity index (χ0) is 20.6. The van der Waals surface area contributed by atoms with Gasteiger partial charge in [0.25, 0.3) is 5.91 Å². The molecule has 1 saturated heterocycles. The van der Waals surface area contributed by atoms with Crippen molar-refractivity contribution in [3.8, 4) is 0 Å². The normalized spacial score (nSPS) is 19.7. The van der Waals surface area contributed by atoms with Gasteiger partial charge in [0.05, 0.1) is 10.9 Å². The van der Waals surface area contributed by atoms with Crippen LogP contribution in [0, 0.1) is 0 Å². The van der Waals surface area contributed by atoms with Crippen molar-refractivity contribution in [2.45, 2.75) is 18.2 Å². The maximum Gasteiger partial charge on any atom is 0.416 e. The molecule has 1 unspecified atom stereocenters. The number of hydrogen-bond donors (Lipinski definition) is 2. The summed E-state index contributed by atoms with van der Waals surface area (Å²) in [4.78, 5) is 19.8. The highest BCUT2D eigenvalue weighted by Gasteiger charge is 2.30. The summed E-state index contributed by atoms with van der Waals surface area (Å²) in [6.07, 6.45) is -0.726. The predicted molar refractivity (Wildman–Crippen MR) is 104 cm³/mol. The molecular formula is C20H20ClF3N4O. The molecule has 2 aliphatic rings. The highest BCUT2D eigenvalue weighted by atomic mass is 35.5. The Kier molecular flexibility index (Phi) is 5.31. The second-order valence-corrected chi connectivity index (χ2v) is 7.66. The van der Waals surface area contributed by atoms with Crippen molar-refractivity contribution < 1.29 is 18.0 Å². The van der Waals surface area contributed by atoms with Crippen LogP contribution in [0.4, 0.5) is 13.2 Å². The molecule has 0 saturated carbocycles. The summed E-state index contributed by atoms with van der Waals surface area (Å²) < 4.78 is 38.0. The number of nitrogens with one attached hydrogen (secondary N) is 2. The minimum Gasteiger partial charge on any atom is -0.370 e. The number of alkyl halides is 4. The van der Waals surface area contributed by atoms with Gasteiger partial charge in [0.1, 0.15) is 11.2 Å². The summed E-state index contributed by atoms with van der Waals surface area (Å²) in [5.41, 5.74) is 0.403. The molecule has 2 aliphatic heterocycles. The van der Waals surface area contributed by atoms with Crippen LogP contribution >= 0.6 is 11.6 Å². The van der Waals surface area contributed by atoms with E-state index >= 15 is 0 Å². The highest BCUT2D eigenvalue weighted by Crippen LogP contribution is 2.29. The van der Waals surface area contributed by atoms with E-state index in [-0.39, 0.29) is 11.4 Å². The number of aromatic nitrogens is 1. The number of rotatable bonds is 3. The van der Waals surface area contributed by atoms with Crippen LogP contribution in [0.25, 0.3) is 12.3 Å². The third-order valence-electron chi connectivity index (χ3n) is 5.17. The third kappa shape index (κ3) is 4.43. The van der Waals surface area contributed by atoms with E-state index < -0.39 is 11.7 Å². The zero-order valence-corrected chi connectivity index (χ0v) is 16.2. The maximum atomic E-state index is 12.8. The van der Waals surface area contributed by atoms with E-state index in [1.807, 2.05) is 6.08 Å². The van der Waals surface area contributed by atoms with Gasteiger partial charge in [-0.2, -0.15) is 13.2 Å². The average Bonchev–Trinajstić information content (AvgIpc) is 3.11. The van der Waals surface area contributed by atoms with Crippen molar-refractivity contribution in [1.82, 2.24) is 20.1 Å². The fourth-order valence-corrected chi connectivity index (χ4v) is 3.76. The maximum absolute atomic E-state index is 12.8. The predicted octanol–water partition coefficient (Wildman–Crippen LogP) is 1.68. The molecule has 1 atom stereocenters. The van der Waals surface area contributed by atoms with E-state index in [2.05, 4.69) is 15.2 Å². The van der Waals surface area contributed by atoms with E-state index in [1.54, 1.807) is 17.2 Å². The number of halogens is 4. The second-order valence-electron chi connectivity index (χ2n) is 7.19. The topological polar surface area (TPSA) is 51.4 Å². The minimum absolute atomic E-state index is 0.0681. The van der Waals surface area contributed by atoms with Crippen molar-refractivity contribution in [2.24, 2.45) is 0 Å². The summed E-state index contributed by atoms with van der Waals surface area (Å²) in [5, 5.41) is 4.69. The molecule has 154 valence electrons. The van der Waals surface area contributed by atoms with E-state index in [0.717, 1.165) is 28.3 Å². The van der Waals surface area contributed by atoms with E-state index in [1.165, 1.54) is 12.1 Å². The molecule has 2 aromatic rings. The van der Waals surface area contributed by atoms with Crippen LogP contribution in [0.3, 0.4) is 0 Å². The fraction of sp³-hybridized carbons (Fsp3) is 0.350. The van der Waals surface area contributed by atoms with E-state index in [4.69, 9.17) is 11.6 Å². The van der Waals surface area contributed by atoms with Crippen molar-refractivity contribution in [3.05, 3.63) is 57.7 Å². The molecule has 3 heterocycles. The van der Waals surface area contributed by atoms with Crippen LogP contribution in [-0.2, 0) is 12.7 Å². The average molecular weight is 425 g/mol. The minimum atomic E-state index is -4.32. The Morgan fingerprint density at radius 3 is 2.48 bits per heavy atom. The number of carbonyl (C=O) groups is 1. The number of amides is 1. The van der Waals surface area contributed by atoms with Gasteiger partial charge in [0, 0.05) is 44.1 Å². The number of piperazine rings is 1. The summed E-state index contributed by atoms with van der Waals surface area (Å²) in [6, 6.07) is 7.04. The van der Waals surface area contributed by atoms with Gasteiger partial charge < -0.3 is 15.2 Å². The molecule has 4 rings (SSSR count). The molecule has 9 heteroatoms. The summed E-state index contributed by atoms with van der Waals surface area (Å²) in [6.45, 7) is 3.01. The molecule has 0 aliphatic carbocycles. The molecule has 0 radical (unpaired) electrons. The van der Waals surface area contributed by atoms with Crippen molar-refractivity contribution >= 4 is 29.8 Å². The Labute approximate surface area is 170 Å². The summed E-state index contributed by atoms with van der Waals surface area (Å²) in [5.74, 6) is -0.0681. The lowest BCUT2D eigenvalue weighted by atomic mass is 10.1. The lowest BCUT2D eigenvalue weighted by molar-refractivity contribution is -0.137. The quantitative estimate of drug-likeness (QED) is 0.582. The largest absolute Gasteiger partial charge is 0.416 e. The molecule has 2 N–H and O–H groups in total. The number of nitrogens with zero attached hydrogens (tertiary/aromatic N) is 2. The van der Waals surface area contributed by atoms with Crippen LogP contribution in [0.2, 0.25) is 0 Å². The third-order valence-corrected chi connectivity index (χ3v) is 5.42. The van der Waals surface area contributed by atoms with E-state index in [0.29, 0.717) is 38.4 Å². The molecule has 0 bridgehead atoms. The van der Waals surface area contributed by atoms with Gasteiger partial charge in [-0.05, 0) is 29.8 Å². The first kappa shape index (κ1) is 19.8. The van der Waals surface area contributed by atoms with Crippen LogP contribution in [0.15, 0.2) is 30.3 Å². The molecule has 5 nitrogen and oxygen atoms in total. The zero-order valence-electron chi connectivity index (χ0n) is 15.5. The first-order valence-electron chi connectivity index (χ1n) is 9.28. The Balaban J connectivity index is 1.35. The Hall–Kier alpha value is -2.45. The Morgan fingerprint density at radius 1 is 1.14 bits per heavy atom. The molecule has 0 spiro atoms. The van der Waals surface area contributed by atoms with Crippen molar-refractivity contribution in [3.63, 3.8) is 0 Å². The first-order valence-corrected chi connectivity index (χ1v) is 9.72. The van der Waals surface area contributed by atoms with Crippen LogP contribution in [-0.4, -0.2) is 52.4 Å². The molecule has 1 aromatic heterocycles. The number of fused-ring (bicyclic) bond motifs is 1. The molecule has 29 heavy (non-hydrogen) atoms. The SMILES string of the molecule is O=C(c1cc2c([nH]1)=CNC(Cl)C=2)N1CCN(Cc2ccc(C(F)(F)F)cc2)CC1. The standard InChI is InChI=1S/C20H20ClF3N4O/c21-18-10-14-9-16(26-17(14)11-25-18)19(29)28-7-5-27(6-8-28)12-13-1-3-15(4-2-13)20(22,23)24/h1-4,9-11,18,25-26H,5-8,12H2. The van der Waals surface area contributed by atoms with Gasteiger partial charge in [0.15, 0.2) is 0 Å². The molecule has 1 aromatic carbocycles. The molecular weight excluding hydrogens is 405 g/mol. The van der Waals surface area contributed by atoms with Crippen LogP contribution in [0.5, 0.6) is 0 Å². The fourth-order valence-electron chi connectivity index (χ4n) is 3.56. The molecule has 1 fully saturated rings. The van der Waals surface area contributed by atoms with Gasteiger partial charge >= 0.3 is 6.18 Å². The Bertz CT molecular complexity index is 1010. The lowest BCUT2D eigenvalue weighted by Gasteiger charge is -2.34. The van der Waals surface area contributed by atoms with E-state index in [9.17, 15) is 18.0 Å². The summed E-state index contributed by atoms with van der Waals surface area (Å²) >= 11 is 6.03.